The van der Waals surface area contributed by atoms with E-state index in [1.165, 1.54) is 0 Å². The smallest absolute Gasteiger partial charge is 0.549 e. The summed E-state index contributed by atoms with van der Waals surface area (Å²) in [6.45, 7) is -2.60. The van der Waals surface area contributed by atoms with Crippen LogP contribution < -0.4 is 55.7 Å². The summed E-state index contributed by atoms with van der Waals surface area (Å²) in [6.07, 6.45) is 0. The minimum absolute atomic E-state index is 0. The predicted octanol–water partition coefficient (Wildman–Crippen LogP) is -6.21. The second kappa shape index (κ2) is 21.1. The second-order valence-electron chi connectivity index (χ2n) is 10.5. The third-order valence-corrected chi connectivity index (χ3v) is 6.70. The molecule has 0 aliphatic heterocycles. The number of carboxylic acid groups (broad SMARTS) is 4. The van der Waals surface area contributed by atoms with E-state index >= 15 is 0 Å². The molecule has 0 bridgehead atoms. The molecule has 0 radical (unpaired) electrons. The van der Waals surface area contributed by atoms with Gasteiger partial charge in [0, 0.05) is 44.8 Å². The Kier molecular flexibility index (Phi) is 18.0. The van der Waals surface area contributed by atoms with Crippen LogP contribution in [0, 0.1) is 61.2 Å². The van der Waals surface area contributed by atoms with Gasteiger partial charge in [-0.15, -0.1) is 0 Å². The maximum absolute atomic E-state index is 11.2. The Morgan fingerprint density at radius 1 is 0.600 bits per heavy atom. The maximum Gasteiger partial charge on any atom is 3.00 e. The molecular formula is C34H28EuN6NaO8. The van der Waals surface area contributed by atoms with Gasteiger partial charge < -0.3 is 45.3 Å². The first kappa shape index (κ1) is 42.7. The van der Waals surface area contributed by atoms with Crippen LogP contribution in [-0.2, 0) is 32.3 Å². The van der Waals surface area contributed by atoms with Crippen LogP contribution in [0.25, 0.3) is 33.9 Å². The molecule has 50 heavy (non-hydrogen) atoms. The van der Waals surface area contributed by atoms with Crippen molar-refractivity contribution in [3.8, 4) is 45.7 Å². The van der Waals surface area contributed by atoms with Crippen LogP contribution in [-0.4, -0.2) is 81.4 Å². The zero-order valence-corrected chi connectivity index (χ0v) is 31.3. The van der Waals surface area contributed by atoms with Crippen LogP contribution in [0.3, 0.4) is 0 Å². The fraction of sp³-hybridized carbons (Fsp3) is 0.206. The van der Waals surface area contributed by atoms with E-state index in [2.05, 4.69) is 21.8 Å². The van der Waals surface area contributed by atoms with Crippen LogP contribution in [0.15, 0.2) is 72.8 Å². The average Bonchev–Trinajstić information content (AvgIpc) is 3.03. The van der Waals surface area contributed by atoms with Crippen molar-refractivity contribution in [2.75, 3.05) is 32.7 Å². The zero-order chi connectivity index (χ0) is 34.6. The molecule has 0 atom stereocenters. The van der Waals surface area contributed by atoms with Crippen molar-refractivity contribution in [3.63, 3.8) is 0 Å². The molecule has 14 nitrogen and oxygen atoms in total. The van der Waals surface area contributed by atoms with E-state index in [0.29, 0.717) is 34.2 Å². The molecule has 0 spiro atoms. The molecule has 0 unspecified atom stereocenters. The zero-order valence-electron chi connectivity index (χ0n) is 26.8. The van der Waals surface area contributed by atoms with Crippen LogP contribution in [0.1, 0.15) is 17.0 Å². The summed E-state index contributed by atoms with van der Waals surface area (Å²) in [5.41, 5.74) is 10.1. The summed E-state index contributed by atoms with van der Waals surface area (Å²) in [7, 11) is 0. The molecule has 0 saturated heterocycles. The van der Waals surface area contributed by atoms with E-state index in [4.69, 9.17) is 10.7 Å². The number of hydrogen-bond donors (Lipinski definition) is 1. The molecule has 3 heterocycles. The Balaban J connectivity index is 0.00000433. The van der Waals surface area contributed by atoms with Crippen molar-refractivity contribution < 1.29 is 119 Å². The number of nitrogens with two attached hydrogens (primary N) is 1. The first-order valence-electron chi connectivity index (χ1n) is 14.5. The molecule has 3 aromatic heterocycles. The average molecular weight is 824 g/mol. The Bertz CT molecular complexity index is 1750. The summed E-state index contributed by atoms with van der Waals surface area (Å²) in [5, 5.41) is 44.8. The number of hydrogen-bond acceptors (Lipinski definition) is 14. The topological polar surface area (TPSA) is 232 Å². The number of carboxylic acids is 4. The van der Waals surface area contributed by atoms with Gasteiger partial charge in [-0.3, -0.25) is 9.80 Å². The summed E-state index contributed by atoms with van der Waals surface area (Å²) < 4.78 is 0. The minimum atomic E-state index is -1.46. The third-order valence-electron chi connectivity index (χ3n) is 6.70. The van der Waals surface area contributed by atoms with Crippen LogP contribution >= 0.6 is 0 Å². The van der Waals surface area contributed by atoms with E-state index in [0.717, 1.165) is 26.5 Å². The molecule has 0 amide bonds. The van der Waals surface area contributed by atoms with E-state index in [1.54, 1.807) is 48.5 Å². The van der Waals surface area contributed by atoms with Crippen molar-refractivity contribution in [2.24, 2.45) is 5.73 Å². The number of nitrogens with zero attached hydrogens (tertiary/aromatic N) is 5. The molecule has 0 aliphatic rings. The van der Waals surface area contributed by atoms with E-state index in [9.17, 15) is 39.6 Å². The Morgan fingerprint density at radius 3 is 1.40 bits per heavy atom. The summed E-state index contributed by atoms with van der Waals surface area (Å²) in [5.74, 6) is -0.0461. The Labute approximate surface area is 350 Å². The van der Waals surface area contributed by atoms with Crippen LogP contribution in [0.4, 0.5) is 0 Å². The minimum Gasteiger partial charge on any atom is -0.549 e. The number of rotatable bonds is 15. The van der Waals surface area contributed by atoms with Crippen molar-refractivity contribution in [3.05, 3.63) is 89.7 Å². The maximum atomic E-state index is 11.2. The quantitative estimate of drug-likeness (QED) is 0.0869. The van der Waals surface area contributed by atoms with Crippen LogP contribution in [0.2, 0.25) is 0 Å². The van der Waals surface area contributed by atoms with E-state index in [1.807, 2.05) is 24.3 Å². The number of aromatic nitrogens is 3. The van der Waals surface area contributed by atoms with Crippen molar-refractivity contribution in [2.45, 2.75) is 13.1 Å². The van der Waals surface area contributed by atoms with Gasteiger partial charge >= 0.3 is 78.9 Å². The fourth-order valence-electron chi connectivity index (χ4n) is 4.80. The van der Waals surface area contributed by atoms with Gasteiger partial charge in [0.1, 0.15) is 0 Å². The molecule has 0 fully saturated rings. The number of benzene rings is 1. The van der Waals surface area contributed by atoms with Gasteiger partial charge in [-0.05, 0) is 59.7 Å². The molecule has 0 aliphatic carbocycles. The van der Waals surface area contributed by atoms with E-state index in [-0.39, 0.29) is 98.6 Å². The van der Waals surface area contributed by atoms with Gasteiger partial charge in [-0.2, -0.15) is 0 Å². The van der Waals surface area contributed by atoms with Crippen molar-refractivity contribution in [1.82, 2.24) is 24.8 Å². The van der Waals surface area contributed by atoms with Gasteiger partial charge in [-0.1, -0.05) is 36.1 Å². The van der Waals surface area contributed by atoms with Gasteiger partial charge in [-0.25, -0.2) is 15.0 Å². The Morgan fingerprint density at radius 2 is 1.02 bits per heavy atom. The summed E-state index contributed by atoms with van der Waals surface area (Å²) in [6, 6.07) is 20.9. The van der Waals surface area contributed by atoms with E-state index < -0.39 is 50.1 Å². The number of pyridine rings is 3. The largest absolute Gasteiger partial charge is 3.00 e. The molecule has 2 N–H and O–H groups in total. The third kappa shape index (κ3) is 13.7. The number of aliphatic carboxylic acids is 4. The number of carbonyl (C=O) groups excluding carboxylic acids is 4. The van der Waals surface area contributed by atoms with Gasteiger partial charge in [0.2, 0.25) is 0 Å². The van der Waals surface area contributed by atoms with Crippen LogP contribution in [0.5, 0.6) is 0 Å². The molecule has 4 aromatic rings. The monoisotopic (exact) mass is 824 g/mol. The SMILES string of the molecule is NCC#Cc1ccc(-c2cc(-c3cccc(CN(CC(=O)[O-])CC(=O)[O-])n3)nc(-c3cccc(CN(CC(=O)[O-])CC(=O)[O-])n3)c2)cc1.[Eu+3].[Na+]. The Hall–Kier alpha value is -3.43. The second-order valence-corrected chi connectivity index (χ2v) is 10.5. The number of carbonyl (C=O) groups is 4. The first-order valence-corrected chi connectivity index (χ1v) is 14.5. The van der Waals surface area contributed by atoms with Gasteiger partial charge in [0.15, 0.2) is 0 Å². The molecule has 4 rings (SSSR count). The summed E-state index contributed by atoms with van der Waals surface area (Å²) in [4.78, 5) is 61.0. The van der Waals surface area contributed by atoms with Crippen molar-refractivity contribution in [1.29, 1.82) is 0 Å². The predicted molar refractivity (Wildman–Crippen MR) is 163 cm³/mol. The van der Waals surface area contributed by atoms with Gasteiger partial charge in [0.25, 0.3) is 0 Å². The van der Waals surface area contributed by atoms with Crippen molar-refractivity contribution >= 4 is 23.9 Å². The fourth-order valence-corrected chi connectivity index (χ4v) is 4.80. The standard InChI is InChI=1S/C34H32N6O8.Eu.Na/c35-13-3-4-22-9-11-23(12-10-22)24-14-29(27-7-1-5-25(36-27)16-39(18-31(41)42)19-32(43)44)38-30(15-24)28-8-2-6-26(37-28)17-40(20-33(45)46)21-34(47)48;;/h1-2,5-12,14-15H,13,16-21,35H2,(H,41,42)(H,43,44)(H,45,46)(H,47,48);;/q;+3;+1/p-4. The molecule has 16 heteroatoms. The molecule has 0 saturated carbocycles. The summed E-state index contributed by atoms with van der Waals surface area (Å²) >= 11 is 0. The molecule has 1 aromatic carbocycles. The normalized spacial score (nSPS) is 10.4. The molecular weight excluding hydrogens is 795 g/mol. The first-order chi connectivity index (χ1) is 23.0. The molecule has 250 valence electrons. The van der Waals surface area contributed by atoms with Gasteiger partial charge in [0.05, 0.1) is 64.6 Å².